The molecule has 3 heterocycles. The summed E-state index contributed by atoms with van der Waals surface area (Å²) in [7, 11) is -3.75. The van der Waals surface area contributed by atoms with Crippen LogP contribution >= 0.6 is 11.6 Å². The van der Waals surface area contributed by atoms with E-state index in [1.165, 1.54) is 6.20 Å². The minimum absolute atomic E-state index is 0.0578. The van der Waals surface area contributed by atoms with Gasteiger partial charge in [0.1, 0.15) is 5.02 Å². The monoisotopic (exact) mass is 437 g/mol. The molecule has 1 saturated heterocycles. The van der Waals surface area contributed by atoms with E-state index >= 15 is 0 Å². The Morgan fingerprint density at radius 3 is 2.54 bits per heavy atom. The largest absolute Gasteiger partial charge is 0.417 e. The van der Waals surface area contributed by atoms with E-state index in [0.29, 0.717) is 25.6 Å². The fourth-order valence-corrected chi connectivity index (χ4v) is 4.04. The number of halogens is 4. The van der Waals surface area contributed by atoms with Crippen LogP contribution in [0.2, 0.25) is 5.02 Å². The van der Waals surface area contributed by atoms with E-state index in [0.717, 1.165) is 16.8 Å². The zero-order chi connectivity index (χ0) is 20.7. The van der Waals surface area contributed by atoms with Crippen molar-refractivity contribution in [1.82, 2.24) is 14.8 Å². The highest BCUT2D eigenvalue weighted by atomic mass is 35.5. The van der Waals surface area contributed by atoms with Crippen LogP contribution in [0, 0.1) is 0 Å². The summed E-state index contributed by atoms with van der Waals surface area (Å²) in [5.74, 6) is -0.132. The SMILES string of the molecule is NS(=O)(=O)C1CCCN(c2cnn(-c3ccc(C(F)(F)F)cn3)c(=O)c2Cl)C1. The molecule has 2 aromatic heterocycles. The summed E-state index contributed by atoms with van der Waals surface area (Å²) in [5.41, 5.74) is -1.53. The van der Waals surface area contributed by atoms with E-state index in [1.54, 1.807) is 4.90 Å². The Hall–Kier alpha value is -2.18. The first kappa shape index (κ1) is 20.6. The third kappa shape index (κ3) is 4.13. The summed E-state index contributed by atoms with van der Waals surface area (Å²) < 4.78 is 61.9. The predicted molar refractivity (Wildman–Crippen MR) is 96.0 cm³/mol. The van der Waals surface area contributed by atoms with Gasteiger partial charge in [-0.3, -0.25) is 4.79 Å². The van der Waals surface area contributed by atoms with Crippen LogP contribution < -0.4 is 15.6 Å². The lowest BCUT2D eigenvalue weighted by molar-refractivity contribution is -0.137. The molecule has 2 N–H and O–H groups in total. The number of sulfonamides is 1. The Morgan fingerprint density at radius 2 is 1.96 bits per heavy atom. The van der Waals surface area contributed by atoms with E-state index < -0.39 is 32.6 Å². The standard InChI is InChI=1S/C15H15ClF3N5O3S/c16-13-11(23-5-1-2-10(8-23)28(20,26)27)7-22-24(14(13)25)12-4-3-9(6-21-12)15(17,18)19/h3-4,6-7,10H,1-2,5,8H2,(H2,20,26,27). The fourth-order valence-electron chi connectivity index (χ4n) is 2.91. The maximum Gasteiger partial charge on any atom is 0.417 e. The minimum atomic E-state index is -4.56. The molecule has 28 heavy (non-hydrogen) atoms. The lowest BCUT2D eigenvalue weighted by atomic mass is 10.1. The van der Waals surface area contributed by atoms with Gasteiger partial charge in [-0.1, -0.05) is 11.6 Å². The van der Waals surface area contributed by atoms with Gasteiger partial charge in [0.25, 0.3) is 5.56 Å². The number of nitrogens with zero attached hydrogens (tertiary/aromatic N) is 4. The number of hydrogen-bond donors (Lipinski definition) is 1. The molecule has 2 aromatic rings. The average molecular weight is 438 g/mol. The van der Waals surface area contributed by atoms with Gasteiger partial charge in [0.15, 0.2) is 5.82 Å². The zero-order valence-corrected chi connectivity index (χ0v) is 15.8. The van der Waals surface area contributed by atoms with E-state index in [2.05, 4.69) is 10.1 Å². The van der Waals surface area contributed by atoms with Crippen molar-refractivity contribution in [2.24, 2.45) is 5.14 Å². The molecule has 0 aliphatic carbocycles. The maximum absolute atomic E-state index is 12.6. The molecule has 8 nitrogen and oxygen atoms in total. The van der Waals surface area contributed by atoms with Gasteiger partial charge in [-0.15, -0.1) is 0 Å². The second kappa shape index (κ2) is 7.33. The number of rotatable bonds is 3. The van der Waals surface area contributed by atoms with Crippen molar-refractivity contribution >= 4 is 27.3 Å². The molecular weight excluding hydrogens is 423 g/mol. The molecule has 0 aromatic carbocycles. The molecule has 13 heteroatoms. The molecule has 0 radical (unpaired) electrons. The summed E-state index contributed by atoms with van der Waals surface area (Å²) in [6, 6.07) is 1.78. The summed E-state index contributed by atoms with van der Waals surface area (Å²) in [6.45, 7) is 0.512. The summed E-state index contributed by atoms with van der Waals surface area (Å²) in [4.78, 5) is 17.7. The van der Waals surface area contributed by atoms with Crippen LogP contribution in [0.3, 0.4) is 0 Å². The van der Waals surface area contributed by atoms with Gasteiger partial charge in [0, 0.05) is 19.3 Å². The van der Waals surface area contributed by atoms with Crippen molar-refractivity contribution < 1.29 is 21.6 Å². The molecule has 0 saturated carbocycles. The van der Waals surface area contributed by atoms with Crippen LogP contribution in [0.25, 0.3) is 5.82 Å². The Balaban J connectivity index is 1.92. The van der Waals surface area contributed by atoms with Gasteiger partial charge in [-0.25, -0.2) is 18.5 Å². The van der Waals surface area contributed by atoms with Crippen molar-refractivity contribution in [2.45, 2.75) is 24.3 Å². The van der Waals surface area contributed by atoms with E-state index in [9.17, 15) is 26.4 Å². The first-order chi connectivity index (χ1) is 13.0. The van der Waals surface area contributed by atoms with Crippen molar-refractivity contribution in [3.05, 3.63) is 45.5 Å². The van der Waals surface area contributed by atoms with Crippen LogP contribution in [0.4, 0.5) is 18.9 Å². The first-order valence-electron chi connectivity index (χ1n) is 8.06. The number of pyridine rings is 1. The number of anilines is 1. The highest BCUT2D eigenvalue weighted by Crippen LogP contribution is 2.29. The van der Waals surface area contributed by atoms with Gasteiger partial charge in [0.2, 0.25) is 10.0 Å². The first-order valence-corrected chi connectivity index (χ1v) is 10.1. The molecule has 3 rings (SSSR count). The average Bonchev–Trinajstić information content (AvgIpc) is 2.63. The summed E-state index contributed by atoms with van der Waals surface area (Å²) in [5, 5.41) is 8.08. The summed E-state index contributed by atoms with van der Waals surface area (Å²) in [6.07, 6.45) is -1.80. The molecule has 1 atom stereocenters. The highest BCUT2D eigenvalue weighted by Gasteiger charge is 2.31. The second-order valence-corrected chi connectivity index (χ2v) is 8.49. The summed E-state index contributed by atoms with van der Waals surface area (Å²) >= 11 is 6.14. The van der Waals surface area contributed by atoms with Crippen LogP contribution in [-0.2, 0) is 16.2 Å². The van der Waals surface area contributed by atoms with Crippen LogP contribution in [0.5, 0.6) is 0 Å². The Kier molecular flexibility index (Phi) is 5.38. The normalized spacial score (nSPS) is 18.3. The second-order valence-electron chi connectivity index (χ2n) is 6.26. The van der Waals surface area contributed by atoms with E-state index in [4.69, 9.17) is 16.7 Å². The van der Waals surface area contributed by atoms with Crippen molar-refractivity contribution in [1.29, 1.82) is 0 Å². The number of nitrogens with two attached hydrogens (primary N) is 1. The predicted octanol–water partition coefficient (Wildman–Crippen LogP) is 1.56. The smallest absolute Gasteiger partial charge is 0.368 e. The highest BCUT2D eigenvalue weighted by molar-refractivity contribution is 7.89. The Labute approximate surface area is 162 Å². The molecule has 0 spiro atoms. The van der Waals surface area contributed by atoms with Crippen molar-refractivity contribution in [3.63, 3.8) is 0 Å². The molecule has 1 unspecified atom stereocenters. The zero-order valence-electron chi connectivity index (χ0n) is 14.2. The molecular formula is C15H15ClF3N5O3S. The fraction of sp³-hybridized carbons (Fsp3) is 0.400. The van der Waals surface area contributed by atoms with Gasteiger partial charge >= 0.3 is 6.18 Å². The lowest BCUT2D eigenvalue weighted by Gasteiger charge is -2.33. The van der Waals surface area contributed by atoms with Gasteiger partial charge < -0.3 is 4.90 Å². The van der Waals surface area contributed by atoms with E-state index in [-0.39, 0.29) is 23.1 Å². The van der Waals surface area contributed by atoms with Crippen molar-refractivity contribution in [2.75, 3.05) is 18.0 Å². The number of primary sulfonamides is 1. The number of alkyl halides is 3. The molecule has 1 aliphatic rings. The molecule has 152 valence electrons. The Morgan fingerprint density at radius 1 is 1.25 bits per heavy atom. The number of piperidine rings is 1. The van der Waals surface area contributed by atoms with Crippen molar-refractivity contribution in [3.8, 4) is 5.82 Å². The maximum atomic E-state index is 12.6. The van der Waals surface area contributed by atoms with Crippen LogP contribution in [-0.4, -0.2) is 41.5 Å². The minimum Gasteiger partial charge on any atom is -0.368 e. The third-order valence-corrected chi connectivity index (χ3v) is 6.05. The number of aromatic nitrogens is 3. The topological polar surface area (TPSA) is 111 Å². The quantitative estimate of drug-likeness (QED) is 0.780. The molecule has 1 fully saturated rings. The van der Waals surface area contributed by atoms with Gasteiger partial charge in [-0.2, -0.15) is 23.0 Å². The van der Waals surface area contributed by atoms with Crippen LogP contribution in [0.1, 0.15) is 18.4 Å². The van der Waals surface area contributed by atoms with Gasteiger partial charge in [0.05, 0.1) is 22.7 Å². The molecule has 0 bridgehead atoms. The molecule has 1 aliphatic heterocycles. The lowest BCUT2D eigenvalue weighted by Crippen LogP contribution is -2.45. The number of hydrogen-bond acceptors (Lipinski definition) is 6. The Bertz CT molecular complexity index is 1040. The van der Waals surface area contributed by atoms with Gasteiger partial charge in [-0.05, 0) is 25.0 Å². The third-order valence-electron chi connectivity index (χ3n) is 4.38. The van der Waals surface area contributed by atoms with E-state index in [1.807, 2.05) is 0 Å². The van der Waals surface area contributed by atoms with Crippen LogP contribution in [0.15, 0.2) is 29.3 Å². The molecule has 0 amide bonds.